The van der Waals surface area contributed by atoms with E-state index in [0.29, 0.717) is 23.7 Å². The number of hydrogen-bond donors (Lipinski definition) is 1. The summed E-state index contributed by atoms with van der Waals surface area (Å²) in [6, 6.07) is 0. The first-order valence-electron chi connectivity index (χ1n) is 8.04. The predicted molar refractivity (Wildman–Crippen MR) is 78.9 cm³/mol. The number of amides is 1. The van der Waals surface area contributed by atoms with Gasteiger partial charge in [-0.05, 0) is 56.0 Å². The first kappa shape index (κ1) is 14.8. The number of rotatable bonds is 3. The number of likely N-dealkylation sites (tertiary alicyclic amines) is 1. The summed E-state index contributed by atoms with van der Waals surface area (Å²) in [6.07, 6.45) is 4.50. The summed E-state index contributed by atoms with van der Waals surface area (Å²) in [5.41, 5.74) is 0. The molecule has 0 aromatic carbocycles. The van der Waals surface area contributed by atoms with Crippen molar-refractivity contribution in [2.24, 2.45) is 23.7 Å². The van der Waals surface area contributed by atoms with Crippen molar-refractivity contribution in [3.63, 3.8) is 0 Å². The van der Waals surface area contributed by atoms with Gasteiger partial charge in [-0.3, -0.25) is 4.79 Å². The van der Waals surface area contributed by atoms with E-state index in [4.69, 9.17) is 0 Å². The van der Waals surface area contributed by atoms with Gasteiger partial charge in [0, 0.05) is 19.5 Å². The van der Waals surface area contributed by atoms with Gasteiger partial charge >= 0.3 is 0 Å². The van der Waals surface area contributed by atoms with Gasteiger partial charge in [0.2, 0.25) is 5.91 Å². The molecule has 2 heterocycles. The Morgan fingerprint density at radius 1 is 1.21 bits per heavy atom. The summed E-state index contributed by atoms with van der Waals surface area (Å²) in [7, 11) is 0. The molecular formula is C16H30N2O. The van der Waals surface area contributed by atoms with Gasteiger partial charge in [0.15, 0.2) is 0 Å². The normalized spacial score (nSPS) is 31.2. The van der Waals surface area contributed by atoms with Crippen LogP contribution in [0.25, 0.3) is 0 Å². The fraction of sp³-hybridized carbons (Fsp3) is 0.938. The molecule has 3 atom stereocenters. The van der Waals surface area contributed by atoms with E-state index >= 15 is 0 Å². The lowest BCUT2D eigenvalue weighted by molar-refractivity contribution is -0.135. The van der Waals surface area contributed by atoms with Crippen molar-refractivity contribution in [2.75, 3.05) is 26.2 Å². The molecule has 1 N–H and O–H groups in total. The van der Waals surface area contributed by atoms with Crippen LogP contribution in [-0.4, -0.2) is 37.0 Å². The molecule has 0 aromatic rings. The lowest BCUT2D eigenvalue weighted by atomic mass is 9.83. The minimum Gasteiger partial charge on any atom is -0.342 e. The molecule has 2 fully saturated rings. The molecule has 3 nitrogen and oxygen atoms in total. The lowest BCUT2D eigenvalue weighted by Crippen LogP contribution is -2.43. The Bertz CT molecular complexity index is 289. The van der Waals surface area contributed by atoms with Crippen LogP contribution in [0.2, 0.25) is 0 Å². The van der Waals surface area contributed by atoms with Crippen LogP contribution in [0.15, 0.2) is 0 Å². The second-order valence-electron chi connectivity index (χ2n) is 7.01. The van der Waals surface area contributed by atoms with Crippen LogP contribution >= 0.6 is 0 Å². The summed E-state index contributed by atoms with van der Waals surface area (Å²) < 4.78 is 0. The Labute approximate surface area is 118 Å². The van der Waals surface area contributed by atoms with Crippen molar-refractivity contribution >= 4 is 5.91 Å². The van der Waals surface area contributed by atoms with E-state index in [1.165, 1.54) is 19.3 Å². The summed E-state index contributed by atoms with van der Waals surface area (Å²) in [6.45, 7) is 11.0. The standard InChI is InChI=1S/C16H30N2O/c1-12-8-13(2)11-18(10-12)16(19)9-14(3)15-4-6-17-7-5-15/h12-15,17H,4-11H2,1-3H3. The van der Waals surface area contributed by atoms with Crippen LogP contribution in [0.4, 0.5) is 0 Å². The zero-order valence-electron chi connectivity index (χ0n) is 12.8. The number of hydrogen-bond acceptors (Lipinski definition) is 2. The zero-order valence-corrected chi connectivity index (χ0v) is 12.8. The maximum absolute atomic E-state index is 12.5. The molecule has 1 amide bonds. The second-order valence-corrected chi connectivity index (χ2v) is 7.01. The molecule has 0 spiro atoms. The highest BCUT2D eigenvalue weighted by atomic mass is 16.2. The quantitative estimate of drug-likeness (QED) is 0.851. The molecule has 110 valence electrons. The molecule has 2 aliphatic heterocycles. The predicted octanol–water partition coefficient (Wildman–Crippen LogP) is 2.52. The lowest BCUT2D eigenvalue weighted by Gasteiger charge is -2.36. The molecule has 0 radical (unpaired) electrons. The Balaban J connectivity index is 1.82. The Morgan fingerprint density at radius 2 is 1.79 bits per heavy atom. The highest BCUT2D eigenvalue weighted by Crippen LogP contribution is 2.27. The third-order valence-corrected chi connectivity index (χ3v) is 4.91. The topological polar surface area (TPSA) is 32.3 Å². The molecular weight excluding hydrogens is 236 g/mol. The minimum atomic E-state index is 0.393. The molecule has 19 heavy (non-hydrogen) atoms. The van der Waals surface area contributed by atoms with Crippen molar-refractivity contribution in [1.82, 2.24) is 10.2 Å². The fourth-order valence-corrected chi connectivity index (χ4v) is 3.85. The SMILES string of the molecule is CC1CC(C)CN(C(=O)CC(C)C2CCNCC2)C1. The summed E-state index contributed by atoms with van der Waals surface area (Å²) >= 11 is 0. The van der Waals surface area contributed by atoms with Crippen LogP contribution < -0.4 is 5.32 Å². The van der Waals surface area contributed by atoms with E-state index < -0.39 is 0 Å². The van der Waals surface area contributed by atoms with Crippen molar-refractivity contribution in [1.29, 1.82) is 0 Å². The highest BCUT2D eigenvalue weighted by molar-refractivity contribution is 5.76. The maximum Gasteiger partial charge on any atom is 0.222 e. The van der Waals surface area contributed by atoms with Gasteiger partial charge in [0.25, 0.3) is 0 Å². The molecule has 0 saturated carbocycles. The van der Waals surface area contributed by atoms with Gasteiger partial charge in [-0.2, -0.15) is 0 Å². The van der Waals surface area contributed by atoms with Crippen LogP contribution in [0, 0.1) is 23.7 Å². The van der Waals surface area contributed by atoms with E-state index in [2.05, 4.69) is 31.0 Å². The van der Waals surface area contributed by atoms with Gasteiger partial charge in [-0.15, -0.1) is 0 Å². The monoisotopic (exact) mass is 266 g/mol. The van der Waals surface area contributed by atoms with E-state index in [1.54, 1.807) is 0 Å². The fourth-order valence-electron chi connectivity index (χ4n) is 3.85. The van der Waals surface area contributed by atoms with Gasteiger partial charge in [-0.25, -0.2) is 0 Å². The van der Waals surface area contributed by atoms with Crippen molar-refractivity contribution in [2.45, 2.75) is 46.5 Å². The molecule has 2 rings (SSSR count). The number of carbonyl (C=O) groups is 1. The van der Waals surface area contributed by atoms with Crippen LogP contribution in [0.3, 0.4) is 0 Å². The molecule has 2 aliphatic rings. The Hall–Kier alpha value is -0.570. The molecule has 2 saturated heterocycles. The molecule has 0 aromatic heterocycles. The smallest absolute Gasteiger partial charge is 0.222 e. The van der Waals surface area contributed by atoms with E-state index in [9.17, 15) is 4.79 Å². The third kappa shape index (κ3) is 4.20. The number of nitrogens with one attached hydrogen (secondary N) is 1. The van der Waals surface area contributed by atoms with E-state index in [-0.39, 0.29) is 0 Å². The minimum absolute atomic E-state index is 0.393. The van der Waals surface area contributed by atoms with Gasteiger partial charge < -0.3 is 10.2 Å². The summed E-state index contributed by atoms with van der Waals surface area (Å²) in [5, 5.41) is 3.40. The second kappa shape index (κ2) is 6.74. The van der Waals surface area contributed by atoms with Gasteiger partial charge in [-0.1, -0.05) is 20.8 Å². The largest absolute Gasteiger partial charge is 0.342 e. The van der Waals surface area contributed by atoms with Crippen LogP contribution in [0.1, 0.15) is 46.5 Å². The van der Waals surface area contributed by atoms with Gasteiger partial charge in [0.05, 0.1) is 0 Å². The van der Waals surface area contributed by atoms with Gasteiger partial charge in [0.1, 0.15) is 0 Å². The first-order chi connectivity index (χ1) is 9.06. The Kier molecular flexibility index (Phi) is 5.26. The number of carbonyl (C=O) groups excluding carboxylic acids is 1. The average Bonchev–Trinajstić information content (AvgIpc) is 2.38. The zero-order chi connectivity index (χ0) is 13.8. The summed E-state index contributed by atoms with van der Waals surface area (Å²) in [5.74, 6) is 3.01. The first-order valence-corrected chi connectivity index (χ1v) is 8.04. The van der Waals surface area contributed by atoms with Crippen LogP contribution in [0.5, 0.6) is 0 Å². The van der Waals surface area contributed by atoms with Crippen molar-refractivity contribution in [3.8, 4) is 0 Å². The van der Waals surface area contributed by atoms with Crippen molar-refractivity contribution in [3.05, 3.63) is 0 Å². The number of nitrogens with zero attached hydrogens (tertiary/aromatic N) is 1. The van der Waals surface area contributed by atoms with E-state index in [0.717, 1.165) is 38.5 Å². The molecule has 0 bridgehead atoms. The molecule has 0 aliphatic carbocycles. The highest BCUT2D eigenvalue weighted by Gasteiger charge is 2.28. The molecule has 3 unspecified atom stereocenters. The van der Waals surface area contributed by atoms with E-state index in [1.807, 2.05) is 0 Å². The maximum atomic E-state index is 12.5. The Morgan fingerprint density at radius 3 is 2.37 bits per heavy atom. The van der Waals surface area contributed by atoms with Crippen molar-refractivity contribution < 1.29 is 4.79 Å². The number of piperidine rings is 2. The van der Waals surface area contributed by atoms with Crippen LogP contribution in [-0.2, 0) is 4.79 Å². The summed E-state index contributed by atoms with van der Waals surface area (Å²) in [4.78, 5) is 14.6. The third-order valence-electron chi connectivity index (χ3n) is 4.91. The average molecular weight is 266 g/mol. The molecule has 3 heteroatoms.